The lowest BCUT2D eigenvalue weighted by Crippen LogP contribution is -2.25. The zero-order valence-electron chi connectivity index (χ0n) is 44.8. The van der Waals surface area contributed by atoms with Gasteiger partial charge in [-0.15, -0.1) is 22.7 Å². The van der Waals surface area contributed by atoms with Gasteiger partial charge in [0.2, 0.25) is 0 Å². The lowest BCUT2D eigenvalue weighted by Gasteiger charge is -2.31. The first kappa shape index (κ1) is 45.0. The molecule has 80 heavy (non-hydrogen) atoms. The Kier molecular flexibility index (Phi) is 8.94. The van der Waals surface area contributed by atoms with Gasteiger partial charge in [-0.3, -0.25) is 0 Å². The molecule has 0 fully saturated rings. The molecular weight excluding hydrogens is 1000 g/mol. The molecule has 374 valence electrons. The normalized spacial score (nSPS) is 16.6. The third-order valence-corrected chi connectivity index (χ3v) is 21.5. The predicted octanol–water partition coefficient (Wildman–Crippen LogP) is 21.3. The van der Waals surface area contributed by atoms with E-state index in [4.69, 9.17) is 0 Å². The van der Waals surface area contributed by atoms with Crippen molar-refractivity contribution in [2.45, 2.75) is 38.5 Å². The van der Waals surface area contributed by atoms with E-state index in [9.17, 15) is 0 Å². The maximum Gasteiger partial charge on any atom is 0.0819 e. The Morgan fingerprint density at radius 3 is 0.912 bits per heavy atom. The topological polar surface area (TPSA) is 0 Å². The lowest BCUT2D eigenvalue weighted by molar-refractivity contribution is 0.809. The van der Waals surface area contributed by atoms with Crippen LogP contribution < -0.4 is 0 Å². The summed E-state index contributed by atoms with van der Waals surface area (Å²) in [5, 5.41) is 14.9. The molecule has 0 nitrogen and oxygen atoms in total. The molecule has 0 radical (unpaired) electrons. The van der Waals surface area contributed by atoms with Crippen LogP contribution in [0.2, 0.25) is 0 Å². The number of benzene rings is 12. The van der Waals surface area contributed by atoms with Crippen LogP contribution in [0.1, 0.15) is 65.4 Å². The van der Waals surface area contributed by atoms with Gasteiger partial charge in [0.05, 0.1) is 10.8 Å². The van der Waals surface area contributed by atoms with Crippen molar-refractivity contribution in [3.8, 4) is 77.9 Å². The summed E-state index contributed by atoms with van der Waals surface area (Å²) in [5.41, 5.74) is 31.0. The number of thiophene rings is 2. The molecular formula is C78H50S2. The van der Waals surface area contributed by atoms with Crippen molar-refractivity contribution in [3.63, 3.8) is 0 Å². The van der Waals surface area contributed by atoms with Gasteiger partial charge in [-0.2, -0.15) is 0 Å². The van der Waals surface area contributed by atoms with E-state index in [2.05, 4.69) is 257 Å². The van der Waals surface area contributed by atoms with Crippen LogP contribution in [0.25, 0.3) is 121 Å². The van der Waals surface area contributed by atoms with Gasteiger partial charge in [0.15, 0.2) is 0 Å². The van der Waals surface area contributed by atoms with Gasteiger partial charge in [-0.25, -0.2) is 0 Å². The molecule has 4 aliphatic rings. The Bertz CT molecular complexity index is 4700. The first-order valence-corrected chi connectivity index (χ1v) is 29.9. The van der Waals surface area contributed by atoms with Crippen LogP contribution in [-0.4, -0.2) is 0 Å². The molecule has 0 saturated heterocycles. The molecule has 0 aliphatic heterocycles. The van der Waals surface area contributed by atoms with Crippen LogP contribution >= 0.6 is 22.7 Å². The van der Waals surface area contributed by atoms with Gasteiger partial charge in [-0.1, -0.05) is 170 Å². The van der Waals surface area contributed by atoms with Crippen molar-refractivity contribution in [2.75, 3.05) is 0 Å². The van der Waals surface area contributed by atoms with E-state index in [1.807, 2.05) is 22.7 Å². The van der Waals surface area contributed by atoms with Gasteiger partial charge in [0.1, 0.15) is 0 Å². The smallest absolute Gasteiger partial charge is 0.0819 e. The second-order valence-corrected chi connectivity index (χ2v) is 25.1. The van der Waals surface area contributed by atoms with Crippen LogP contribution in [0.15, 0.2) is 229 Å². The van der Waals surface area contributed by atoms with Crippen LogP contribution in [-0.2, 0) is 10.8 Å². The number of fused-ring (bicyclic) bond motifs is 24. The Labute approximate surface area is 473 Å². The summed E-state index contributed by atoms with van der Waals surface area (Å²) in [6.07, 6.45) is 0. The summed E-state index contributed by atoms with van der Waals surface area (Å²) in [5.74, 6) is 0. The van der Waals surface area contributed by atoms with Crippen molar-refractivity contribution in [1.82, 2.24) is 0 Å². The quantitative estimate of drug-likeness (QED) is 0.155. The zero-order chi connectivity index (χ0) is 52.9. The van der Waals surface area contributed by atoms with E-state index >= 15 is 0 Å². The molecule has 2 heterocycles. The minimum atomic E-state index is -0.504. The minimum Gasteiger partial charge on any atom is -0.147 e. The van der Waals surface area contributed by atoms with Crippen molar-refractivity contribution in [2.24, 2.45) is 0 Å². The van der Waals surface area contributed by atoms with Crippen molar-refractivity contribution < 1.29 is 0 Å². The first-order chi connectivity index (χ1) is 39.3. The molecule has 0 bridgehead atoms. The fourth-order valence-corrected chi connectivity index (χ4v) is 17.9. The highest BCUT2D eigenvalue weighted by molar-refractivity contribution is 7.11. The maximum atomic E-state index is 2.60. The van der Waals surface area contributed by atoms with Crippen LogP contribution in [0.3, 0.4) is 0 Å². The number of hydrogen-bond donors (Lipinski definition) is 0. The van der Waals surface area contributed by atoms with E-state index in [-0.39, 0.29) is 0 Å². The second kappa shape index (κ2) is 15.9. The summed E-state index contributed by atoms with van der Waals surface area (Å²) in [4.78, 5) is 2.84. The number of rotatable bonds is 3. The molecule has 12 aromatic carbocycles. The van der Waals surface area contributed by atoms with Gasteiger partial charge in [-0.05, 0) is 264 Å². The average Bonchev–Trinajstić information content (AvgIpc) is 2.51. The summed E-state index contributed by atoms with van der Waals surface area (Å²) in [6.45, 7) is 9.16. The zero-order valence-corrected chi connectivity index (χ0v) is 46.4. The van der Waals surface area contributed by atoms with Crippen LogP contribution in [0.4, 0.5) is 0 Å². The standard InChI is InChI=1S/C78H50S2/c1-43-33-65-63-29-31-79-75(63)77(67(65)35-45(43)3)69-39-47(21-25-59(69)61-27-23-53(41-71(61)77)73-55-17-9-5-13-49(55)37-50-14-6-10-18-56(50)73)48-22-26-60-62-28-24-54(74-57-19-11-7-15-51(57)38-52-16-8-12-20-58(52)74)42-72(62)78(70(60)40-48)68-36-46(4)44(2)34-66(68)64-30-32-80-76(64)78/h5-42H,1-4H3/t77-,78-/m0/s1. The maximum absolute atomic E-state index is 2.60. The Hall–Kier alpha value is -8.92. The third kappa shape index (κ3) is 5.60. The Balaban J connectivity index is 0.880. The van der Waals surface area contributed by atoms with E-state index in [0.717, 1.165) is 0 Å². The van der Waals surface area contributed by atoms with Crippen molar-refractivity contribution >= 4 is 65.8 Å². The highest BCUT2D eigenvalue weighted by Gasteiger charge is 2.55. The van der Waals surface area contributed by atoms with Crippen molar-refractivity contribution in [1.29, 1.82) is 0 Å². The third-order valence-electron chi connectivity index (χ3n) is 19.4. The molecule has 2 spiro atoms. The molecule has 14 aromatic rings. The van der Waals surface area contributed by atoms with E-state index < -0.39 is 10.8 Å². The van der Waals surface area contributed by atoms with E-state index in [1.165, 1.54) is 186 Å². The SMILES string of the molecule is Cc1cc2c(cc1C)[C@@]1(c3cc(-c4ccc5c(c4)[C@]4(c6cc(-c7c8ccccc8cc8ccccc78)ccc6-5)c5cc(C)c(C)cc5-c5ccsc54)ccc3-c3ccc(-c4c5ccccc5cc5ccccc45)cc31)c1sccc1-2. The lowest BCUT2D eigenvalue weighted by atomic mass is 9.71. The van der Waals surface area contributed by atoms with Gasteiger partial charge < -0.3 is 0 Å². The Morgan fingerprint density at radius 1 is 0.250 bits per heavy atom. The van der Waals surface area contributed by atoms with E-state index in [0.29, 0.717) is 0 Å². The molecule has 0 saturated carbocycles. The number of hydrogen-bond acceptors (Lipinski definition) is 2. The minimum absolute atomic E-state index is 0.504. The molecule has 4 aliphatic carbocycles. The van der Waals surface area contributed by atoms with Gasteiger partial charge >= 0.3 is 0 Å². The van der Waals surface area contributed by atoms with Gasteiger partial charge in [0.25, 0.3) is 0 Å². The van der Waals surface area contributed by atoms with Crippen LogP contribution in [0, 0.1) is 27.7 Å². The molecule has 0 unspecified atom stereocenters. The summed E-state index contributed by atoms with van der Waals surface area (Å²) in [7, 11) is 0. The van der Waals surface area contributed by atoms with E-state index in [1.54, 1.807) is 0 Å². The largest absolute Gasteiger partial charge is 0.147 e. The fourth-order valence-electron chi connectivity index (χ4n) is 15.6. The van der Waals surface area contributed by atoms with Crippen molar-refractivity contribution in [3.05, 3.63) is 295 Å². The average molecular weight is 1050 g/mol. The molecule has 18 rings (SSSR count). The number of aryl methyl sites for hydroxylation is 4. The molecule has 0 N–H and O–H groups in total. The van der Waals surface area contributed by atoms with Gasteiger partial charge in [0, 0.05) is 9.75 Å². The molecule has 2 aromatic heterocycles. The summed E-state index contributed by atoms with van der Waals surface area (Å²) >= 11 is 3.85. The highest BCUT2D eigenvalue weighted by Crippen LogP contribution is 2.68. The summed E-state index contributed by atoms with van der Waals surface area (Å²) in [6, 6.07) is 85.1. The second-order valence-electron chi connectivity index (χ2n) is 23.2. The van der Waals surface area contributed by atoms with Crippen LogP contribution in [0.5, 0.6) is 0 Å². The molecule has 2 heteroatoms. The fraction of sp³-hybridized carbons (Fsp3) is 0.0769. The monoisotopic (exact) mass is 1050 g/mol. The summed E-state index contributed by atoms with van der Waals surface area (Å²) < 4.78 is 0. The predicted molar refractivity (Wildman–Crippen MR) is 340 cm³/mol. The highest BCUT2D eigenvalue weighted by atomic mass is 32.1. The molecule has 0 amide bonds. The molecule has 2 atom stereocenters. The first-order valence-electron chi connectivity index (χ1n) is 28.1. The Morgan fingerprint density at radius 2 is 0.550 bits per heavy atom.